The van der Waals surface area contributed by atoms with Gasteiger partial charge in [-0.3, -0.25) is 4.79 Å². The number of carbonyl (C=O) groups excluding carboxylic acids is 2. The van der Waals surface area contributed by atoms with E-state index in [-0.39, 0.29) is 38.9 Å². The van der Waals surface area contributed by atoms with Crippen molar-refractivity contribution in [1.29, 1.82) is 0 Å². The first-order valence-electron chi connectivity index (χ1n) is 24.0. The Labute approximate surface area is 384 Å². The van der Waals surface area contributed by atoms with E-state index in [0.29, 0.717) is 65.9 Å². The topological polar surface area (TPSA) is 113 Å². The van der Waals surface area contributed by atoms with Crippen LogP contribution in [0.15, 0.2) is 84.9 Å². The van der Waals surface area contributed by atoms with E-state index in [2.05, 4.69) is 52.9 Å². The molecule has 2 N–H and O–H groups in total. The fourth-order valence-corrected chi connectivity index (χ4v) is 7.39. The molecule has 0 aromatic heterocycles. The van der Waals surface area contributed by atoms with Crippen molar-refractivity contribution >= 4 is 11.9 Å². The van der Waals surface area contributed by atoms with Crippen LogP contribution in [-0.4, -0.2) is 63.2 Å². The van der Waals surface area contributed by atoms with Crippen LogP contribution >= 0.6 is 0 Å². The number of hydrogen-bond acceptors (Lipinski definition) is 8. The van der Waals surface area contributed by atoms with Gasteiger partial charge in [0, 0.05) is 12.1 Å². The summed E-state index contributed by atoms with van der Waals surface area (Å²) in [6.07, 6.45) is 13.1. The van der Waals surface area contributed by atoms with Gasteiger partial charge in [-0.15, -0.1) is 0 Å². The van der Waals surface area contributed by atoms with Crippen LogP contribution in [0.1, 0.15) is 145 Å². The number of benzene rings is 4. The second-order valence-electron chi connectivity index (χ2n) is 18.1. The maximum absolute atomic E-state index is 13.6. The Kier molecular flexibility index (Phi) is 23.9. The zero-order valence-corrected chi connectivity index (χ0v) is 39.8. The van der Waals surface area contributed by atoms with Gasteiger partial charge in [-0.25, -0.2) is 4.79 Å². The minimum absolute atomic E-state index is 0.0531. The number of unbranched alkanes of at least 4 members (excludes halogenated alkanes) is 6. The Hall–Kier alpha value is -4.86. The van der Waals surface area contributed by atoms with Gasteiger partial charge in [0.05, 0.1) is 45.2 Å². The summed E-state index contributed by atoms with van der Waals surface area (Å²) in [6, 6.07) is 26.8. The molecule has 0 radical (unpaired) electrons. The van der Waals surface area contributed by atoms with Gasteiger partial charge in [-0.1, -0.05) is 154 Å². The predicted octanol–water partition coefficient (Wildman–Crippen LogP) is 12.9. The molecule has 4 rings (SSSR count). The summed E-state index contributed by atoms with van der Waals surface area (Å²) in [5, 5.41) is 12.9. The standard InChI is InChI=1S/C55H77NO8/c1-41(2)19-11-8-16-31-61-51-38-49(39-52(62-32-17-9-12-20-42(3)4)53(51)63-33-18-10-13-21-43(5)6)54(58)56-30-34-60-35-36-64-55(59)46-26-24-44(25-27-46)47-28-29-48(40-57)50(37-47)45-22-14-7-15-23-45/h7,14-15,22-29,37-39,41-43,57H,8-13,16-21,30-36,40H2,1-6H3,(H,56,58). The van der Waals surface area contributed by atoms with E-state index in [1.54, 1.807) is 24.3 Å². The summed E-state index contributed by atoms with van der Waals surface area (Å²) in [4.78, 5) is 26.4. The number of esters is 1. The second kappa shape index (κ2) is 29.6. The maximum Gasteiger partial charge on any atom is 0.338 e. The molecule has 0 aliphatic rings. The van der Waals surface area contributed by atoms with Crippen molar-refractivity contribution in [3.05, 3.63) is 102 Å². The lowest BCUT2D eigenvalue weighted by molar-refractivity contribution is 0.0322. The van der Waals surface area contributed by atoms with E-state index in [4.69, 9.17) is 23.7 Å². The Bertz CT molecular complexity index is 1880. The van der Waals surface area contributed by atoms with Crippen LogP contribution in [-0.2, 0) is 16.1 Å². The minimum Gasteiger partial charge on any atom is -0.490 e. The average Bonchev–Trinajstić information content (AvgIpc) is 3.29. The normalized spacial score (nSPS) is 11.3. The molecule has 1 amide bonds. The van der Waals surface area contributed by atoms with Crippen LogP contribution in [0.2, 0.25) is 0 Å². The van der Waals surface area contributed by atoms with Gasteiger partial charge in [0.25, 0.3) is 5.91 Å². The summed E-state index contributed by atoms with van der Waals surface area (Å²) < 4.78 is 30.4. The van der Waals surface area contributed by atoms with Crippen LogP contribution in [0.4, 0.5) is 0 Å². The van der Waals surface area contributed by atoms with E-state index in [9.17, 15) is 14.7 Å². The number of ether oxygens (including phenoxy) is 5. The van der Waals surface area contributed by atoms with Gasteiger partial charge in [0.15, 0.2) is 11.5 Å². The van der Waals surface area contributed by atoms with Gasteiger partial charge in [-0.05, 0) is 95.2 Å². The third-order valence-corrected chi connectivity index (χ3v) is 11.1. The van der Waals surface area contributed by atoms with Crippen LogP contribution < -0.4 is 19.5 Å². The third-order valence-electron chi connectivity index (χ3n) is 11.1. The molecule has 0 heterocycles. The second-order valence-corrected chi connectivity index (χ2v) is 18.1. The smallest absolute Gasteiger partial charge is 0.338 e. The van der Waals surface area contributed by atoms with Crippen molar-refractivity contribution in [2.45, 2.75) is 125 Å². The van der Waals surface area contributed by atoms with Crippen LogP contribution in [0, 0.1) is 17.8 Å². The lowest BCUT2D eigenvalue weighted by Gasteiger charge is -2.19. The number of carbonyl (C=O) groups is 2. The first kappa shape index (κ1) is 51.8. The van der Waals surface area contributed by atoms with E-state index in [0.717, 1.165) is 79.2 Å². The molecule has 0 bridgehead atoms. The Morgan fingerprint density at radius 2 is 1.08 bits per heavy atom. The summed E-state index contributed by atoms with van der Waals surface area (Å²) in [6.45, 7) is 15.8. The number of nitrogens with one attached hydrogen (secondary N) is 1. The Morgan fingerprint density at radius 3 is 1.62 bits per heavy atom. The highest BCUT2D eigenvalue weighted by Crippen LogP contribution is 2.40. The highest BCUT2D eigenvalue weighted by atomic mass is 16.6. The predicted molar refractivity (Wildman–Crippen MR) is 260 cm³/mol. The maximum atomic E-state index is 13.6. The number of hydrogen-bond donors (Lipinski definition) is 2. The lowest BCUT2D eigenvalue weighted by Crippen LogP contribution is -2.28. The molecule has 0 aliphatic heterocycles. The monoisotopic (exact) mass is 880 g/mol. The van der Waals surface area contributed by atoms with Crippen LogP contribution in [0.3, 0.4) is 0 Å². The molecule has 0 atom stereocenters. The van der Waals surface area contributed by atoms with E-state index in [1.165, 1.54) is 25.7 Å². The Balaban J connectivity index is 1.30. The molecule has 350 valence electrons. The van der Waals surface area contributed by atoms with Crippen molar-refractivity contribution in [3.8, 4) is 39.5 Å². The fourth-order valence-electron chi connectivity index (χ4n) is 7.39. The van der Waals surface area contributed by atoms with Crippen molar-refractivity contribution in [3.63, 3.8) is 0 Å². The molecular weight excluding hydrogens is 803 g/mol. The lowest BCUT2D eigenvalue weighted by atomic mass is 9.94. The molecule has 0 fully saturated rings. The first-order valence-corrected chi connectivity index (χ1v) is 24.0. The van der Waals surface area contributed by atoms with Gasteiger partial charge in [-0.2, -0.15) is 0 Å². The molecule has 9 heteroatoms. The number of aliphatic hydroxyl groups excluding tert-OH is 1. The van der Waals surface area contributed by atoms with E-state index in [1.807, 2.05) is 54.6 Å². The molecular formula is C55H77NO8. The minimum atomic E-state index is -0.440. The van der Waals surface area contributed by atoms with Gasteiger partial charge in [0.2, 0.25) is 5.75 Å². The summed E-state index contributed by atoms with van der Waals surface area (Å²) in [5.74, 6) is 2.99. The molecule has 0 aliphatic carbocycles. The molecule has 0 saturated heterocycles. The SMILES string of the molecule is CC(C)CCCCCOc1cc(C(=O)NCCOCCOC(=O)c2ccc(-c3ccc(CO)c(-c4ccccc4)c3)cc2)cc(OCCCCCC(C)C)c1OCCCCCC(C)C. The molecule has 0 saturated carbocycles. The molecule has 0 spiro atoms. The molecule has 4 aromatic carbocycles. The zero-order chi connectivity index (χ0) is 45.9. The van der Waals surface area contributed by atoms with Gasteiger partial charge in [0.1, 0.15) is 6.61 Å². The molecule has 0 unspecified atom stereocenters. The summed E-state index contributed by atoms with van der Waals surface area (Å²) >= 11 is 0. The number of rotatable bonds is 32. The fraction of sp³-hybridized carbons (Fsp3) is 0.527. The van der Waals surface area contributed by atoms with Crippen molar-refractivity contribution in [2.24, 2.45) is 17.8 Å². The highest BCUT2D eigenvalue weighted by Gasteiger charge is 2.20. The average molecular weight is 880 g/mol. The van der Waals surface area contributed by atoms with E-state index < -0.39 is 5.97 Å². The Morgan fingerprint density at radius 1 is 0.531 bits per heavy atom. The van der Waals surface area contributed by atoms with Crippen LogP contribution in [0.5, 0.6) is 17.2 Å². The highest BCUT2D eigenvalue weighted by molar-refractivity contribution is 5.95. The molecule has 4 aromatic rings. The largest absolute Gasteiger partial charge is 0.490 e. The van der Waals surface area contributed by atoms with Crippen molar-refractivity contribution < 1.29 is 38.4 Å². The zero-order valence-electron chi connectivity index (χ0n) is 39.8. The quantitative estimate of drug-likeness (QED) is 0.0368. The summed E-state index contributed by atoms with van der Waals surface area (Å²) in [7, 11) is 0. The number of amides is 1. The van der Waals surface area contributed by atoms with Crippen molar-refractivity contribution in [2.75, 3.05) is 46.2 Å². The third kappa shape index (κ3) is 19.1. The van der Waals surface area contributed by atoms with Gasteiger partial charge >= 0.3 is 5.97 Å². The molecule has 64 heavy (non-hydrogen) atoms. The first-order chi connectivity index (χ1) is 31.0. The summed E-state index contributed by atoms with van der Waals surface area (Å²) in [5.41, 5.74) is 5.65. The van der Waals surface area contributed by atoms with Crippen molar-refractivity contribution in [1.82, 2.24) is 5.32 Å². The van der Waals surface area contributed by atoms with Gasteiger partial charge < -0.3 is 34.1 Å². The van der Waals surface area contributed by atoms with E-state index >= 15 is 0 Å². The number of aliphatic hydroxyl groups is 1. The van der Waals surface area contributed by atoms with Crippen LogP contribution in [0.25, 0.3) is 22.3 Å². The molecule has 9 nitrogen and oxygen atoms in total.